The summed E-state index contributed by atoms with van der Waals surface area (Å²) in [5.74, 6) is 0. The standard InChI is InChI=1S/CHF3O.H2O.Zr/c2-1(3,4)5;;/h5H;1H2;. The number of alkyl halides is 3. The molecule has 0 aliphatic heterocycles. The van der Waals surface area contributed by atoms with Crippen molar-refractivity contribution >= 4 is 0 Å². The smallest absolute Gasteiger partial charge is 0.412 e. The van der Waals surface area contributed by atoms with Gasteiger partial charge in [0.2, 0.25) is 0 Å². The Kier molecular flexibility index (Phi) is 10.6. The molecule has 0 radical (unpaired) electrons. The molecule has 0 rings (SSSR count). The Hall–Kier alpha value is 0.593. The third kappa shape index (κ3) is 395. The van der Waals surface area contributed by atoms with E-state index in [9.17, 15) is 13.2 Å². The maximum Gasteiger partial charge on any atom is 0.519 e. The normalized spacial score (nSPS) is 8.57. The van der Waals surface area contributed by atoms with E-state index in [2.05, 4.69) is 0 Å². The SMILES string of the molecule is O.OC(F)(F)F.[Zr]. The molecule has 0 bridgehead atoms. The second kappa shape index (κ2) is 4.74. The molecule has 3 N–H and O–H groups in total. The predicted octanol–water partition coefficient (Wildman–Crippen LogP) is -0.329. The molecule has 0 aliphatic carbocycles. The van der Waals surface area contributed by atoms with Crippen LogP contribution in [0.25, 0.3) is 0 Å². The van der Waals surface area contributed by atoms with Crippen LogP contribution in [0.3, 0.4) is 0 Å². The van der Waals surface area contributed by atoms with E-state index < -0.39 is 6.36 Å². The van der Waals surface area contributed by atoms with Crippen molar-refractivity contribution in [2.24, 2.45) is 0 Å². The van der Waals surface area contributed by atoms with Crippen molar-refractivity contribution in [1.29, 1.82) is 0 Å². The Morgan fingerprint density at radius 3 is 1.14 bits per heavy atom. The van der Waals surface area contributed by atoms with Gasteiger partial charge in [0.15, 0.2) is 0 Å². The van der Waals surface area contributed by atoms with E-state index in [1.165, 1.54) is 0 Å². The van der Waals surface area contributed by atoms with Crippen LogP contribution in [0.1, 0.15) is 0 Å². The summed E-state index contributed by atoms with van der Waals surface area (Å²) in [5.41, 5.74) is 0. The molecule has 44 valence electrons. The number of halogens is 3. The van der Waals surface area contributed by atoms with Gasteiger partial charge < -0.3 is 10.6 Å². The third-order valence-corrected chi connectivity index (χ3v) is 0. The van der Waals surface area contributed by atoms with Gasteiger partial charge in [-0.25, -0.2) is 0 Å². The van der Waals surface area contributed by atoms with Crippen LogP contribution < -0.4 is 0 Å². The van der Waals surface area contributed by atoms with E-state index in [-0.39, 0.29) is 31.7 Å². The van der Waals surface area contributed by atoms with Gasteiger partial charge in [-0.05, 0) is 0 Å². The average molecular weight is 195 g/mol. The van der Waals surface area contributed by atoms with Crippen molar-refractivity contribution in [1.82, 2.24) is 0 Å². The van der Waals surface area contributed by atoms with Crippen LogP contribution in [0, 0.1) is 0 Å². The Balaban J connectivity index is -0.0000000800. The fraction of sp³-hybridized carbons (Fsp3) is 1.00. The van der Waals surface area contributed by atoms with Crippen molar-refractivity contribution in [3.63, 3.8) is 0 Å². The van der Waals surface area contributed by atoms with Gasteiger partial charge in [-0.1, -0.05) is 0 Å². The van der Waals surface area contributed by atoms with Gasteiger partial charge in [0, 0.05) is 26.2 Å². The first-order valence-electron chi connectivity index (χ1n) is 0.791. The van der Waals surface area contributed by atoms with Crippen LogP contribution in [0.5, 0.6) is 0 Å². The number of rotatable bonds is 0. The second-order valence-corrected chi connectivity index (χ2v) is 0.468. The summed E-state index contributed by atoms with van der Waals surface area (Å²) in [4.78, 5) is 0. The molecule has 6 heteroatoms. The van der Waals surface area contributed by atoms with Crippen LogP contribution in [-0.2, 0) is 26.2 Å². The summed E-state index contributed by atoms with van der Waals surface area (Å²) >= 11 is 0. The largest absolute Gasteiger partial charge is 0.519 e. The van der Waals surface area contributed by atoms with Crippen LogP contribution in [0.2, 0.25) is 0 Å². The zero-order valence-electron chi connectivity index (χ0n) is 3.08. The molecule has 0 aromatic carbocycles. The van der Waals surface area contributed by atoms with Gasteiger partial charge in [-0.3, -0.25) is 0 Å². The van der Waals surface area contributed by atoms with Crippen molar-refractivity contribution < 1.29 is 50.0 Å². The second-order valence-electron chi connectivity index (χ2n) is 0.468. The maximum atomic E-state index is 9.91. The first-order chi connectivity index (χ1) is 2.00. The van der Waals surface area contributed by atoms with E-state index in [0.29, 0.717) is 0 Å². The molecule has 0 aromatic heterocycles. The summed E-state index contributed by atoms with van der Waals surface area (Å²) < 4.78 is 29.7. The topological polar surface area (TPSA) is 51.7 Å². The zero-order valence-corrected chi connectivity index (χ0v) is 5.54. The fourth-order valence-electron chi connectivity index (χ4n) is 0. The minimum Gasteiger partial charge on any atom is -0.412 e. The van der Waals surface area contributed by atoms with E-state index in [1.54, 1.807) is 0 Å². The Morgan fingerprint density at radius 2 is 1.14 bits per heavy atom. The van der Waals surface area contributed by atoms with Crippen molar-refractivity contribution in [3.8, 4) is 0 Å². The van der Waals surface area contributed by atoms with Gasteiger partial charge in [0.25, 0.3) is 0 Å². The van der Waals surface area contributed by atoms with E-state index in [1.807, 2.05) is 0 Å². The Labute approximate surface area is 56.8 Å². The minimum absolute atomic E-state index is 0. The number of hydrogen-bond acceptors (Lipinski definition) is 1. The molecular formula is CH3F3O2Zr. The summed E-state index contributed by atoms with van der Waals surface area (Å²) in [6.45, 7) is 0. The first kappa shape index (κ1) is 15.6. The van der Waals surface area contributed by atoms with E-state index in [0.717, 1.165) is 0 Å². The molecule has 0 amide bonds. The molecule has 0 heterocycles. The van der Waals surface area contributed by atoms with Crippen LogP contribution in [0.4, 0.5) is 13.2 Å². The first-order valence-corrected chi connectivity index (χ1v) is 0.791. The van der Waals surface area contributed by atoms with Gasteiger partial charge in [-0.15, -0.1) is 13.2 Å². The Morgan fingerprint density at radius 1 is 1.14 bits per heavy atom. The quantitative estimate of drug-likeness (QED) is 0.565. The predicted molar refractivity (Wildman–Crippen MR) is 11.9 cm³/mol. The summed E-state index contributed by atoms with van der Waals surface area (Å²) in [5, 5.41) is 6.52. The van der Waals surface area contributed by atoms with Crippen molar-refractivity contribution in [3.05, 3.63) is 0 Å². The summed E-state index contributed by atoms with van der Waals surface area (Å²) in [7, 11) is 0. The number of aliphatic hydroxyl groups is 1. The molecule has 0 saturated carbocycles. The van der Waals surface area contributed by atoms with Gasteiger partial charge in [0.05, 0.1) is 0 Å². The molecule has 0 spiro atoms. The van der Waals surface area contributed by atoms with E-state index in [4.69, 9.17) is 5.11 Å². The number of hydrogen-bond donors (Lipinski definition) is 1. The van der Waals surface area contributed by atoms with Gasteiger partial charge in [0.1, 0.15) is 0 Å². The minimum atomic E-state index is -5.00. The maximum absolute atomic E-state index is 9.91. The zero-order chi connectivity index (χ0) is 4.50. The van der Waals surface area contributed by atoms with Crippen LogP contribution in [0.15, 0.2) is 0 Å². The molecule has 0 saturated heterocycles. The van der Waals surface area contributed by atoms with Gasteiger partial charge >= 0.3 is 6.36 Å². The molecule has 0 aliphatic rings. The molecule has 0 atom stereocenters. The van der Waals surface area contributed by atoms with Crippen LogP contribution in [-0.4, -0.2) is 16.9 Å². The average Bonchev–Trinajstić information content (AvgIpc) is 0.722. The monoisotopic (exact) mass is 194 g/mol. The molecular weight excluding hydrogens is 192 g/mol. The summed E-state index contributed by atoms with van der Waals surface area (Å²) in [6, 6.07) is 0. The molecule has 7 heavy (non-hydrogen) atoms. The van der Waals surface area contributed by atoms with Crippen LogP contribution >= 0.6 is 0 Å². The van der Waals surface area contributed by atoms with Crippen molar-refractivity contribution in [2.75, 3.05) is 0 Å². The molecule has 2 nitrogen and oxygen atoms in total. The Bertz CT molecular complexity index is 28.4. The molecule has 0 aromatic rings. The van der Waals surface area contributed by atoms with Gasteiger partial charge in [-0.2, -0.15) is 0 Å². The fourth-order valence-corrected chi connectivity index (χ4v) is 0. The van der Waals surface area contributed by atoms with Crippen molar-refractivity contribution in [2.45, 2.75) is 6.36 Å². The third-order valence-electron chi connectivity index (χ3n) is 0. The van der Waals surface area contributed by atoms with E-state index >= 15 is 0 Å². The summed E-state index contributed by atoms with van der Waals surface area (Å²) in [6.07, 6.45) is -5.00. The molecule has 0 unspecified atom stereocenters. The molecule has 0 fully saturated rings.